The van der Waals surface area contributed by atoms with E-state index in [1.807, 2.05) is 0 Å². The summed E-state index contributed by atoms with van der Waals surface area (Å²) in [6, 6.07) is 0. The fraction of sp³-hybridized carbons (Fsp3) is 1.00. The molecule has 0 aromatic rings. The van der Waals surface area contributed by atoms with Crippen LogP contribution in [0.15, 0.2) is 0 Å². The first-order valence-electron chi connectivity index (χ1n) is 16.4. The van der Waals surface area contributed by atoms with Crippen LogP contribution in [0.25, 0.3) is 0 Å². The molecular weight excluding hydrogens is 513 g/mol. The smallest absolute Gasteiger partial charge is 0.384 e. The Kier molecular flexibility index (Phi) is 23.3. The van der Waals surface area contributed by atoms with Crippen LogP contribution >= 0.6 is 7.82 Å². The summed E-state index contributed by atoms with van der Waals surface area (Å²) >= 11 is 0. The molecule has 1 aliphatic heterocycles. The van der Waals surface area contributed by atoms with Gasteiger partial charge in [0.25, 0.3) is 0 Å². The lowest BCUT2D eigenvalue weighted by Crippen LogP contribution is -2.49. The number of ether oxygens (including phenoxy) is 2. The van der Waals surface area contributed by atoms with Gasteiger partial charge < -0.3 is 18.9 Å². The van der Waals surface area contributed by atoms with E-state index in [2.05, 4.69) is 14.0 Å². The molecule has 1 rings (SSSR count). The van der Waals surface area contributed by atoms with E-state index in [0.717, 1.165) is 30.5 Å². The van der Waals surface area contributed by atoms with Gasteiger partial charge in [0.2, 0.25) is 0 Å². The minimum atomic E-state index is -4.07. The SMILES string of the molecule is CCCCCCCCCCCCCCCCCCOCC(COC)COP(=O)(O)OCC[N+]1(C)CCCCC1. The number of rotatable bonds is 28. The average Bonchev–Trinajstić information content (AvgIpc) is 2.91. The third-order valence-corrected chi connectivity index (χ3v) is 9.14. The number of piperidine rings is 1. The van der Waals surface area contributed by atoms with Gasteiger partial charge in [-0.05, 0) is 25.7 Å². The second-order valence-electron chi connectivity index (χ2n) is 12.1. The maximum absolute atomic E-state index is 12.3. The van der Waals surface area contributed by atoms with Crippen molar-refractivity contribution >= 4 is 7.82 Å². The Morgan fingerprint density at radius 3 is 1.72 bits per heavy atom. The van der Waals surface area contributed by atoms with Crippen LogP contribution in [-0.4, -0.2) is 76.2 Å². The molecule has 0 spiro atoms. The number of likely N-dealkylation sites (tertiary alicyclic amines) is 1. The minimum Gasteiger partial charge on any atom is -0.384 e. The molecule has 2 atom stereocenters. The number of phosphoric acid groups is 1. The van der Waals surface area contributed by atoms with Crippen molar-refractivity contribution in [1.82, 2.24) is 0 Å². The summed E-state index contributed by atoms with van der Waals surface area (Å²) in [6.45, 7) is 7.14. The number of hydrogen-bond donors (Lipinski definition) is 1. The standard InChI is InChI=1S/C31H64NO6P/c1-4-5-6-7-8-9-10-11-12-13-14-15-16-17-18-22-26-36-29-31(28-35-3)30-38-39(33,34)37-27-25-32(2)23-20-19-21-24-32/h31H,4-30H2,1-3H3/p+1. The van der Waals surface area contributed by atoms with Gasteiger partial charge in [-0.25, -0.2) is 4.57 Å². The van der Waals surface area contributed by atoms with E-state index < -0.39 is 7.82 Å². The molecule has 39 heavy (non-hydrogen) atoms. The summed E-state index contributed by atoms with van der Waals surface area (Å²) < 4.78 is 34.9. The second kappa shape index (κ2) is 24.6. The number of phosphoric ester groups is 1. The van der Waals surface area contributed by atoms with Crippen molar-refractivity contribution in [2.75, 3.05) is 66.8 Å². The molecule has 1 saturated heterocycles. The summed E-state index contributed by atoms with van der Waals surface area (Å²) in [5.74, 6) is -0.0909. The Hall–Kier alpha value is -0.0100. The quantitative estimate of drug-likeness (QED) is 0.0572. The number of likely N-dealkylation sites (N-methyl/N-ethyl adjacent to an activating group) is 1. The van der Waals surface area contributed by atoms with Gasteiger partial charge >= 0.3 is 7.82 Å². The molecule has 0 aliphatic carbocycles. The van der Waals surface area contributed by atoms with E-state index in [-0.39, 0.29) is 19.1 Å². The third-order valence-electron chi connectivity index (χ3n) is 8.15. The molecular formula is C31H65NO6P+. The molecule has 0 aromatic carbocycles. The van der Waals surface area contributed by atoms with E-state index in [4.69, 9.17) is 18.5 Å². The second-order valence-corrected chi connectivity index (χ2v) is 13.6. The van der Waals surface area contributed by atoms with Crippen molar-refractivity contribution in [3.05, 3.63) is 0 Å². The Morgan fingerprint density at radius 2 is 1.21 bits per heavy atom. The summed E-state index contributed by atoms with van der Waals surface area (Å²) in [6.07, 6.45) is 25.4. The monoisotopic (exact) mass is 578 g/mol. The number of methoxy groups -OCH3 is 1. The Labute approximate surface area is 241 Å². The van der Waals surface area contributed by atoms with E-state index in [9.17, 15) is 9.46 Å². The maximum Gasteiger partial charge on any atom is 0.472 e. The van der Waals surface area contributed by atoms with Crippen LogP contribution in [0.2, 0.25) is 0 Å². The molecule has 234 valence electrons. The maximum atomic E-state index is 12.3. The summed E-state index contributed by atoms with van der Waals surface area (Å²) in [7, 11) is -0.250. The zero-order valence-electron chi connectivity index (χ0n) is 26.1. The zero-order valence-corrected chi connectivity index (χ0v) is 26.9. The van der Waals surface area contributed by atoms with Gasteiger partial charge in [0.15, 0.2) is 0 Å². The van der Waals surface area contributed by atoms with Gasteiger partial charge in [0, 0.05) is 19.6 Å². The van der Waals surface area contributed by atoms with Crippen LogP contribution in [0.3, 0.4) is 0 Å². The highest BCUT2D eigenvalue weighted by atomic mass is 31.2. The molecule has 1 N–H and O–H groups in total. The van der Waals surface area contributed by atoms with E-state index >= 15 is 0 Å². The highest BCUT2D eigenvalue weighted by molar-refractivity contribution is 7.47. The first kappa shape index (κ1) is 37.0. The number of nitrogens with zero attached hydrogens (tertiary/aromatic N) is 1. The largest absolute Gasteiger partial charge is 0.472 e. The molecule has 0 radical (unpaired) electrons. The van der Waals surface area contributed by atoms with Crippen molar-refractivity contribution in [3.8, 4) is 0 Å². The van der Waals surface area contributed by atoms with Gasteiger partial charge in [-0.1, -0.05) is 103 Å². The molecule has 8 heteroatoms. The fourth-order valence-corrected chi connectivity index (χ4v) is 6.28. The number of quaternary nitrogens is 1. The van der Waals surface area contributed by atoms with Gasteiger partial charge in [0.05, 0.1) is 40.0 Å². The van der Waals surface area contributed by atoms with Crippen molar-refractivity contribution in [3.63, 3.8) is 0 Å². The molecule has 1 aliphatic rings. The topological polar surface area (TPSA) is 74.2 Å². The van der Waals surface area contributed by atoms with E-state index in [1.54, 1.807) is 7.11 Å². The van der Waals surface area contributed by atoms with Crippen molar-refractivity contribution in [1.29, 1.82) is 0 Å². The number of unbranched alkanes of at least 4 members (excludes halogenated alkanes) is 15. The van der Waals surface area contributed by atoms with E-state index in [1.165, 1.54) is 116 Å². The van der Waals surface area contributed by atoms with Crippen LogP contribution in [-0.2, 0) is 23.1 Å². The van der Waals surface area contributed by atoms with Crippen LogP contribution in [0.4, 0.5) is 0 Å². The van der Waals surface area contributed by atoms with Gasteiger partial charge in [-0.15, -0.1) is 0 Å². The van der Waals surface area contributed by atoms with Gasteiger partial charge in [-0.2, -0.15) is 0 Å². The van der Waals surface area contributed by atoms with Crippen molar-refractivity contribution in [2.45, 2.75) is 129 Å². The van der Waals surface area contributed by atoms with Gasteiger partial charge in [0.1, 0.15) is 13.2 Å². The fourth-order valence-electron chi connectivity index (χ4n) is 5.49. The molecule has 7 nitrogen and oxygen atoms in total. The third kappa shape index (κ3) is 22.3. The lowest BCUT2D eigenvalue weighted by molar-refractivity contribution is -0.914. The van der Waals surface area contributed by atoms with Gasteiger partial charge in [-0.3, -0.25) is 9.05 Å². The van der Waals surface area contributed by atoms with Crippen LogP contribution in [0, 0.1) is 5.92 Å². The molecule has 0 amide bonds. The average molecular weight is 579 g/mol. The number of hydrogen-bond acceptors (Lipinski definition) is 5. The predicted octanol–water partition coefficient (Wildman–Crippen LogP) is 8.29. The highest BCUT2D eigenvalue weighted by Crippen LogP contribution is 2.43. The predicted molar refractivity (Wildman–Crippen MR) is 162 cm³/mol. The molecule has 2 unspecified atom stereocenters. The van der Waals surface area contributed by atoms with Crippen molar-refractivity contribution < 1.29 is 32.5 Å². The molecule has 0 saturated carbocycles. The summed E-state index contributed by atoms with van der Waals surface area (Å²) in [5, 5.41) is 0. The van der Waals surface area contributed by atoms with Crippen LogP contribution in [0.5, 0.6) is 0 Å². The van der Waals surface area contributed by atoms with Crippen LogP contribution in [0.1, 0.15) is 129 Å². The molecule has 0 aromatic heterocycles. The molecule has 1 fully saturated rings. The first-order valence-corrected chi connectivity index (χ1v) is 17.9. The first-order chi connectivity index (χ1) is 18.9. The molecule has 0 bridgehead atoms. The summed E-state index contributed by atoms with van der Waals surface area (Å²) in [4.78, 5) is 10.1. The Morgan fingerprint density at radius 1 is 0.692 bits per heavy atom. The highest BCUT2D eigenvalue weighted by Gasteiger charge is 2.28. The molecule has 1 heterocycles. The van der Waals surface area contributed by atoms with Crippen molar-refractivity contribution in [2.24, 2.45) is 5.92 Å². The Balaban J connectivity index is 1.95. The zero-order chi connectivity index (χ0) is 28.5. The lowest BCUT2D eigenvalue weighted by atomic mass is 10.0. The Bertz CT molecular complexity index is 587. The summed E-state index contributed by atoms with van der Waals surface area (Å²) in [5.41, 5.74) is 0. The minimum absolute atomic E-state index is 0.0900. The lowest BCUT2D eigenvalue weighted by Gasteiger charge is -2.37. The normalized spacial score (nSPS) is 17.7. The van der Waals surface area contributed by atoms with E-state index in [0.29, 0.717) is 19.8 Å². The van der Waals surface area contributed by atoms with Crippen LogP contribution < -0.4 is 0 Å².